The zero-order valence-corrected chi connectivity index (χ0v) is 14.4. The Balaban J connectivity index is 2.01. The third-order valence-electron chi connectivity index (χ3n) is 3.79. The Labute approximate surface area is 148 Å². The average molecular weight is 350 g/mol. The Bertz CT molecular complexity index is 934. The predicted octanol–water partition coefficient (Wildman–Crippen LogP) is 4.79. The fourth-order valence-electron chi connectivity index (χ4n) is 2.47. The lowest BCUT2D eigenvalue weighted by Gasteiger charge is -2.22. The van der Waals surface area contributed by atoms with E-state index in [1.807, 2.05) is 48.5 Å². The highest BCUT2D eigenvalue weighted by atomic mass is 32.2. The molecule has 126 valence electrons. The van der Waals surface area contributed by atoms with Gasteiger partial charge in [-0.1, -0.05) is 73.3 Å². The van der Waals surface area contributed by atoms with Crippen LogP contribution in [0, 0.1) is 0 Å². The van der Waals surface area contributed by atoms with Gasteiger partial charge in [-0.25, -0.2) is 8.42 Å². The monoisotopic (exact) mass is 350 g/mol. The maximum Gasteiger partial charge on any atom is 0.206 e. The Kier molecular flexibility index (Phi) is 5.00. The normalized spacial score (nSPS) is 12.3. The topological polar surface area (TPSA) is 43.4 Å². The molecule has 1 unspecified atom stereocenters. The van der Waals surface area contributed by atoms with Crippen LogP contribution in [0.25, 0.3) is 0 Å². The van der Waals surface area contributed by atoms with Crippen molar-refractivity contribution in [1.82, 2.24) is 0 Å². The summed E-state index contributed by atoms with van der Waals surface area (Å²) >= 11 is 0. The molecule has 0 aliphatic heterocycles. The van der Waals surface area contributed by atoms with Crippen molar-refractivity contribution in [2.75, 3.05) is 0 Å². The summed E-state index contributed by atoms with van der Waals surface area (Å²) in [6, 6.07) is 26.6. The minimum atomic E-state index is -3.73. The van der Waals surface area contributed by atoms with E-state index in [1.54, 1.807) is 42.5 Å². The molecule has 0 fully saturated rings. The van der Waals surface area contributed by atoms with Crippen molar-refractivity contribution in [3.05, 3.63) is 108 Å². The largest absolute Gasteiger partial charge is 0.480 e. The smallest absolute Gasteiger partial charge is 0.206 e. The fourth-order valence-corrected chi connectivity index (χ4v) is 3.76. The number of sulfone groups is 1. The first kappa shape index (κ1) is 17.0. The van der Waals surface area contributed by atoms with E-state index in [1.165, 1.54) is 0 Å². The molecule has 0 saturated heterocycles. The maximum atomic E-state index is 13.0. The fraction of sp³-hybridized carbons (Fsp3) is 0.0476. The zero-order valence-electron chi connectivity index (χ0n) is 13.6. The second kappa shape index (κ2) is 7.36. The third-order valence-corrected chi connectivity index (χ3v) is 5.59. The van der Waals surface area contributed by atoms with E-state index in [9.17, 15) is 8.42 Å². The minimum Gasteiger partial charge on any atom is -0.480 e. The third kappa shape index (κ3) is 3.80. The molecule has 0 heterocycles. The van der Waals surface area contributed by atoms with Gasteiger partial charge in [-0.2, -0.15) is 0 Å². The molecule has 0 aromatic heterocycles. The molecule has 1 atom stereocenters. The Morgan fingerprint density at radius 3 is 1.80 bits per heavy atom. The molecule has 0 aliphatic rings. The molecular weight excluding hydrogens is 332 g/mol. The van der Waals surface area contributed by atoms with Gasteiger partial charge in [0.1, 0.15) is 5.75 Å². The SMILES string of the molecule is C=C(C(Oc1ccccc1)c1ccccc1)S(=O)(=O)c1ccccc1. The highest BCUT2D eigenvalue weighted by Gasteiger charge is 2.29. The van der Waals surface area contributed by atoms with Crippen LogP contribution in [0.3, 0.4) is 0 Å². The summed E-state index contributed by atoms with van der Waals surface area (Å²) in [4.78, 5) is 0.214. The van der Waals surface area contributed by atoms with Crippen LogP contribution < -0.4 is 4.74 Å². The second-order valence-electron chi connectivity index (χ2n) is 5.50. The van der Waals surface area contributed by atoms with E-state index >= 15 is 0 Å². The molecule has 25 heavy (non-hydrogen) atoms. The Morgan fingerprint density at radius 1 is 0.760 bits per heavy atom. The number of hydrogen-bond donors (Lipinski definition) is 0. The molecular formula is C21H18O3S. The van der Waals surface area contributed by atoms with Gasteiger partial charge in [-0.05, 0) is 29.8 Å². The molecule has 0 aliphatic carbocycles. The summed E-state index contributed by atoms with van der Waals surface area (Å²) in [5.74, 6) is 0.584. The van der Waals surface area contributed by atoms with Crippen molar-refractivity contribution in [3.8, 4) is 5.75 Å². The molecule has 3 rings (SSSR count). The zero-order chi connectivity index (χ0) is 17.7. The van der Waals surface area contributed by atoms with Crippen molar-refractivity contribution in [2.24, 2.45) is 0 Å². The summed E-state index contributed by atoms with van der Waals surface area (Å²) in [5.41, 5.74) is 0.732. The van der Waals surface area contributed by atoms with Crippen LogP contribution in [-0.4, -0.2) is 8.42 Å². The number of ether oxygens (including phenoxy) is 1. The Morgan fingerprint density at radius 2 is 1.24 bits per heavy atom. The number of para-hydroxylation sites is 1. The van der Waals surface area contributed by atoms with Crippen molar-refractivity contribution in [3.63, 3.8) is 0 Å². The van der Waals surface area contributed by atoms with Crippen molar-refractivity contribution in [1.29, 1.82) is 0 Å². The van der Waals surface area contributed by atoms with E-state index in [4.69, 9.17) is 4.74 Å². The number of hydrogen-bond acceptors (Lipinski definition) is 3. The molecule has 3 nitrogen and oxygen atoms in total. The highest BCUT2D eigenvalue weighted by Crippen LogP contribution is 2.33. The summed E-state index contributed by atoms with van der Waals surface area (Å²) in [6.45, 7) is 3.86. The van der Waals surface area contributed by atoms with Crippen LogP contribution >= 0.6 is 0 Å². The van der Waals surface area contributed by atoms with Crippen LogP contribution in [0.4, 0.5) is 0 Å². The lowest BCUT2D eigenvalue weighted by atomic mass is 10.1. The second-order valence-corrected chi connectivity index (χ2v) is 7.51. The molecule has 4 heteroatoms. The van der Waals surface area contributed by atoms with Crippen molar-refractivity contribution < 1.29 is 13.2 Å². The van der Waals surface area contributed by atoms with Gasteiger partial charge < -0.3 is 4.74 Å². The summed E-state index contributed by atoms with van der Waals surface area (Å²) in [7, 11) is -3.73. The van der Waals surface area contributed by atoms with Crippen LogP contribution in [0.5, 0.6) is 5.75 Å². The van der Waals surface area contributed by atoms with E-state index in [0.717, 1.165) is 5.56 Å². The molecule has 0 N–H and O–H groups in total. The predicted molar refractivity (Wildman–Crippen MR) is 99.0 cm³/mol. The van der Waals surface area contributed by atoms with Crippen molar-refractivity contribution in [2.45, 2.75) is 11.0 Å². The highest BCUT2D eigenvalue weighted by molar-refractivity contribution is 7.95. The van der Waals surface area contributed by atoms with E-state index in [0.29, 0.717) is 5.75 Å². The van der Waals surface area contributed by atoms with Gasteiger partial charge in [0, 0.05) is 0 Å². The summed E-state index contributed by atoms with van der Waals surface area (Å²) in [6.07, 6.45) is -0.797. The molecule has 3 aromatic carbocycles. The molecule has 0 amide bonds. The minimum absolute atomic E-state index is 0.00810. The van der Waals surface area contributed by atoms with Gasteiger partial charge in [0.05, 0.1) is 9.80 Å². The lowest BCUT2D eigenvalue weighted by Crippen LogP contribution is -2.17. The first-order chi connectivity index (χ1) is 12.1. The molecule has 3 aromatic rings. The van der Waals surface area contributed by atoms with Crippen LogP contribution in [0.2, 0.25) is 0 Å². The van der Waals surface area contributed by atoms with Crippen LogP contribution in [0.15, 0.2) is 107 Å². The number of rotatable bonds is 6. The average Bonchev–Trinajstić information content (AvgIpc) is 2.68. The standard InChI is InChI=1S/C21H18O3S/c1-17(25(22,23)20-15-9-4-10-16-20)21(18-11-5-2-6-12-18)24-19-13-7-3-8-14-19/h2-16,21H,1H2. The maximum absolute atomic E-state index is 13.0. The van der Waals surface area contributed by atoms with Gasteiger partial charge in [0.25, 0.3) is 0 Å². The molecule has 0 spiro atoms. The van der Waals surface area contributed by atoms with Gasteiger partial charge >= 0.3 is 0 Å². The van der Waals surface area contributed by atoms with Gasteiger partial charge in [0.15, 0.2) is 6.10 Å². The van der Waals surface area contributed by atoms with E-state index in [-0.39, 0.29) is 9.80 Å². The quantitative estimate of drug-likeness (QED) is 0.642. The van der Waals surface area contributed by atoms with E-state index in [2.05, 4.69) is 6.58 Å². The molecule has 0 bridgehead atoms. The van der Waals surface area contributed by atoms with E-state index < -0.39 is 15.9 Å². The first-order valence-corrected chi connectivity index (χ1v) is 9.33. The van der Waals surface area contributed by atoms with Crippen molar-refractivity contribution >= 4 is 9.84 Å². The lowest BCUT2D eigenvalue weighted by molar-refractivity contribution is 0.250. The van der Waals surface area contributed by atoms with Crippen LogP contribution in [-0.2, 0) is 9.84 Å². The molecule has 0 saturated carbocycles. The first-order valence-electron chi connectivity index (χ1n) is 7.84. The van der Waals surface area contributed by atoms with Gasteiger partial charge in [0.2, 0.25) is 9.84 Å². The molecule has 0 radical (unpaired) electrons. The summed E-state index contributed by atoms with van der Waals surface area (Å²) < 4.78 is 31.9. The Hall–Kier alpha value is -2.85. The van der Waals surface area contributed by atoms with Gasteiger partial charge in [-0.15, -0.1) is 0 Å². The van der Waals surface area contributed by atoms with Crippen LogP contribution in [0.1, 0.15) is 11.7 Å². The number of benzene rings is 3. The van der Waals surface area contributed by atoms with Gasteiger partial charge in [-0.3, -0.25) is 0 Å². The summed E-state index contributed by atoms with van der Waals surface area (Å²) in [5, 5.41) is 0.